The summed E-state index contributed by atoms with van der Waals surface area (Å²) >= 11 is 0. The van der Waals surface area contributed by atoms with Gasteiger partial charge in [0.15, 0.2) is 0 Å². The third-order valence-corrected chi connectivity index (χ3v) is 4.61. The molecule has 0 bridgehead atoms. The average molecular weight is 281 g/mol. The number of rotatable bonds is 5. The van der Waals surface area contributed by atoms with Crippen LogP contribution in [-0.4, -0.2) is 41.5 Å². The third-order valence-electron chi connectivity index (χ3n) is 2.73. The molecule has 102 valence electrons. The number of aromatic amines is 1. The molecule has 0 radical (unpaired) electrons. The molecule has 2 heterocycles. The maximum absolute atomic E-state index is 12.2. The number of nitrogen functional groups attached to an aromatic ring is 1. The molecule has 7 nitrogen and oxygen atoms in total. The monoisotopic (exact) mass is 281 g/mol. The Morgan fingerprint density at radius 3 is 2.79 bits per heavy atom. The molecule has 0 aliphatic carbocycles. The fourth-order valence-corrected chi connectivity index (χ4v) is 2.77. The molecule has 0 aliphatic rings. The van der Waals surface area contributed by atoms with Crippen LogP contribution in [-0.2, 0) is 16.4 Å². The van der Waals surface area contributed by atoms with Crippen molar-refractivity contribution < 1.29 is 8.42 Å². The van der Waals surface area contributed by atoms with Crippen molar-refractivity contribution in [2.45, 2.75) is 11.3 Å². The summed E-state index contributed by atoms with van der Waals surface area (Å²) in [4.78, 5) is 4.14. The topological polar surface area (TPSA) is 105 Å². The number of sulfonamides is 1. The van der Waals surface area contributed by atoms with Crippen molar-refractivity contribution in [2.24, 2.45) is 0 Å². The van der Waals surface area contributed by atoms with Gasteiger partial charge in [-0.2, -0.15) is 5.10 Å². The van der Waals surface area contributed by atoms with Crippen LogP contribution in [0.25, 0.3) is 0 Å². The van der Waals surface area contributed by atoms with Crippen molar-refractivity contribution in [3.8, 4) is 0 Å². The number of hydrogen-bond acceptors (Lipinski definition) is 5. The van der Waals surface area contributed by atoms with Gasteiger partial charge in [-0.15, -0.1) is 0 Å². The summed E-state index contributed by atoms with van der Waals surface area (Å²) in [5.41, 5.74) is 6.37. The highest BCUT2D eigenvalue weighted by atomic mass is 32.2. The summed E-state index contributed by atoms with van der Waals surface area (Å²) in [6.45, 7) is 0.323. The van der Waals surface area contributed by atoms with Gasteiger partial charge < -0.3 is 5.73 Å². The van der Waals surface area contributed by atoms with Gasteiger partial charge in [-0.1, -0.05) is 6.07 Å². The molecule has 0 unspecified atom stereocenters. The molecule has 0 atom stereocenters. The second-order valence-corrected chi connectivity index (χ2v) is 6.06. The summed E-state index contributed by atoms with van der Waals surface area (Å²) in [5, 5.41) is 6.03. The Morgan fingerprint density at radius 2 is 2.21 bits per heavy atom. The van der Waals surface area contributed by atoms with Crippen molar-refractivity contribution in [1.29, 1.82) is 0 Å². The van der Waals surface area contributed by atoms with Crippen LogP contribution in [0.1, 0.15) is 5.69 Å². The Bertz CT molecular complexity index is 638. The minimum Gasteiger partial charge on any atom is -0.383 e. The molecular formula is C11H15N5O2S. The molecule has 0 aromatic carbocycles. The van der Waals surface area contributed by atoms with Crippen molar-refractivity contribution in [3.05, 3.63) is 36.3 Å². The first-order valence-electron chi connectivity index (χ1n) is 5.67. The molecule has 2 aromatic rings. The number of pyridine rings is 1. The number of nitrogens with zero attached hydrogens (tertiary/aromatic N) is 3. The molecule has 0 aliphatic heterocycles. The SMILES string of the molecule is CN(CCc1ccccn1)S(=O)(=O)c1cn[nH]c1N. The number of aromatic nitrogens is 3. The van der Waals surface area contributed by atoms with E-state index in [4.69, 9.17) is 5.73 Å². The number of nitrogens with one attached hydrogen (secondary N) is 1. The van der Waals surface area contributed by atoms with E-state index in [1.165, 1.54) is 17.5 Å². The summed E-state index contributed by atoms with van der Waals surface area (Å²) in [6.07, 6.45) is 3.42. The zero-order valence-electron chi connectivity index (χ0n) is 10.4. The molecule has 19 heavy (non-hydrogen) atoms. The van der Waals surface area contributed by atoms with Gasteiger partial charge >= 0.3 is 0 Å². The molecule has 2 rings (SSSR count). The highest BCUT2D eigenvalue weighted by Crippen LogP contribution is 2.18. The number of nitrogens with two attached hydrogens (primary N) is 1. The van der Waals surface area contributed by atoms with E-state index in [1.54, 1.807) is 6.20 Å². The first kappa shape index (κ1) is 13.5. The lowest BCUT2D eigenvalue weighted by molar-refractivity contribution is 0.471. The molecule has 0 fully saturated rings. The minimum absolute atomic E-state index is 0.00368. The number of hydrogen-bond donors (Lipinski definition) is 2. The molecule has 0 saturated carbocycles. The standard InChI is InChI=1S/C11H15N5O2S/c1-16(7-5-9-4-2-3-6-13-9)19(17,18)10-8-14-15-11(10)12/h2-4,6,8H,5,7H2,1H3,(H3,12,14,15). The second-order valence-electron chi connectivity index (χ2n) is 4.05. The van der Waals surface area contributed by atoms with E-state index in [2.05, 4.69) is 15.2 Å². The zero-order chi connectivity index (χ0) is 13.9. The Hall–Kier alpha value is -1.93. The summed E-state index contributed by atoms with van der Waals surface area (Å²) in [5.74, 6) is 0.0460. The van der Waals surface area contributed by atoms with Crippen LogP contribution >= 0.6 is 0 Å². The lowest BCUT2D eigenvalue weighted by Gasteiger charge is -2.16. The van der Waals surface area contributed by atoms with Crippen LogP contribution in [0.15, 0.2) is 35.5 Å². The van der Waals surface area contributed by atoms with E-state index in [1.807, 2.05) is 18.2 Å². The fourth-order valence-electron chi connectivity index (χ4n) is 1.60. The van der Waals surface area contributed by atoms with Gasteiger partial charge in [0, 0.05) is 31.9 Å². The van der Waals surface area contributed by atoms with Crippen molar-refractivity contribution in [3.63, 3.8) is 0 Å². The minimum atomic E-state index is -3.61. The summed E-state index contributed by atoms with van der Waals surface area (Å²) < 4.78 is 25.6. The van der Waals surface area contributed by atoms with E-state index in [-0.39, 0.29) is 10.7 Å². The van der Waals surface area contributed by atoms with Gasteiger partial charge in [0.05, 0.1) is 6.20 Å². The van der Waals surface area contributed by atoms with Gasteiger partial charge in [-0.3, -0.25) is 10.1 Å². The molecule has 0 spiro atoms. The first-order valence-corrected chi connectivity index (χ1v) is 7.11. The summed E-state index contributed by atoms with van der Waals surface area (Å²) in [6, 6.07) is 5.54. The predicted octanol–water partition coefficient (Wildman–Crippen LogP) is 0.250. The van der Waals surface area contributed by atoms with Gasteiger partial charge in [0.25, 0.3) is 0 Å². The van der Waals surface area contributed by atoms with Crippen molar-refractivity contribution in [2.75, 3.05) is 19.3 Å². The maximum Gasteiger partial charge on any atom is 0.248 e. The predicted molar refractivity (Wildman–Crippen MR) is 70.8 cm³/mol. The van der Waals surface area contributed by atoms with Crippen LogP contribution in [0.3, 0.4) is 0 Å². The van der Waals surface area contributed by atoms with Crippen LogP contribution in [0, 0.1) is 0 Å². The lowest BCUT2D eigenvalue weighted by Crippen LogP contribution is -2.29. The number of likely N-dealkylation sites (N-methyl/N-ethyl adjacent to an activating group) is 1. The van der Waals surface area contributed by atoms with Crippen LogP contribution in [0.2, 0.25) is 0 Å². The van der Waals surface area contributed by atoms with Crippen LogP contribution in [0.5, 0.6) is 0 Å². The quantitative estimate of drug-likeness (QED) is 0.817. The molecule has 2 aromatic heterocycles. The molecule has 0 amide bonds. The van der Waals surface area contributed by atoms with E-state index in [0.717, 1.165) is 5.69 Å². The van der Waals surface area contributed by atoms with Crippen molar-refractivity contribution in [1.82, 2.24) is 19.5 Å². The average Bonchev–Trinajstić information content (AvgIpc) is 2.84. The largest absolute Gasteiger partial charge is 0.383 e. The van der Waals surface area contributed by atoms with Crippen molar-refractivity contribution >= 4 is 15.8 Å². The number of H-pyrrole nitrogens is 1. The molecular weight excluding hydrogens is 266 g/mol. The van der Waals surface area contributed by atoms with Gasteiger partial charge in [0.2, 0.25) is 10.0 Å². The normalized spacial score (nSPS) is 11.9. The van der Waals surface area contributed by atoms with E-state index < -0.39 is 10.0 Å². The van der Waals surface area contributed by atoms with E-state index in [9.17, 15) is 8.42 Å². The van der Waals surface area contributed by atoms with E-state index in [0.29, 0.717) is 13.0 Å². The summed E-state index contributed by atoms with van der Waals surface area (Å²) in [7, 11) is -2.10. The second kappa shape index (κ2) is 5.37. The third kappa shape index (κ3) is 2.91. The lowest BCUT2D eigenvalue weighted by atomic mass is 10.3. The zero-order valence-corrected chi connectivity index (χ0v) is 11.3. The highest BCUT2D eigenvalue weighted by molar-refractivity contribution is 7.89. The Labute approximate surface area is 111 Å². The maximum atomic E-state index is 12.2. The first-order chi connectivity index (χ1) is 9.01. The Morgan fingerprint density at radius 1 is 1.42 bits per heavy atom. The number of anilines is 1. The molecule has 8 heteroatoms. The van der Waals surface area contributed by atoms with Crippen LogP contribution < -0.4 is 5.73 Å². The van der Waals surface area contributed by atoms with Gasteiger partial charge in [-0.05, 0) is 12.1 Å². The van der Waals surface area contributed by atoms with Gasteiger partial charge in [0.1, 0.15) is 10.7 Å². The Balaban J connectivity index is 2.08. The van der Waals surface area contributed by atoms with E-state index >= 15 is 0 Å². The fraction of sp³-hybridized carbons (Fsp3) is 0.273. The smallest absolute Gasteiger partial charge is 0.248 e. The Kier molecular flexibility index (Phi) is 3.82. The van der Waals surface area contributed by atoms with Gasteiger partial charge in [-0.25, -0.2) is 12.7 Å². The highest BCUT2D eigenvalue weighted by Gasteiger charge is 2.24. The van der Waals surface area contributed by atoms with Crippen LogP contribution in [0.4, 0.5) is 5.82 Å². The molecule has 3 N–H and O–H groups in total. The molecule has 0 saturated heterocycles.